The Morgan fingerprint density at radius 2 is 1.45 bits per heavy atom. The molecular weight excluding hydrogens is 260 g/mol. The summed E-state index contributed by atoms with van der Waals surface area (Å²) in [6.07, 6.45) is 9.70. The SMILES string of the molecule is CC.CC1CC(C)C(C)C1.CCCC(C)CCCCS. The zero-order chi connectivity index (χ0) is 16.0. The van der Waals surface area contributed by atoms with Crippen LogP contribution in [0.2, 0.25) is 0 Å². The molecule has 0 aromatic rings. The fourth-order valence-electron chi connectivity index (χ4n) is 3.07. The van der Waals surface area contributed by atoms with E-state index in [4.69, 9.17) is 0 Å². The van der Waals surface area contributed by atoms with Crippen molar-refractivity contribution in [2.45, 2.75) is 93.4 Å². The fraction of sp³-hybridized carbons (Fsp3) is 1.00. The van der Waals surface area contributed by atoms with E-state index in [-0.39, 0.29) is 0 Å². The molecule has 124 valence electrons. The Balaban J connectivity index is 0. The van der Waals surface area contributed by atoms with Crippen molar-refractivity contribution in [2.24, 2.45) is 23.7 Å². The monoisotopic (exact) mass is 302 g/mol. The number of hydrogen-bond acceptors (Lipinski definition) is 1. The van der Waals surface area contributed by atoms with Gasteiger partial charge in [-0.15, -0.1) is 0 Å². The molecule has 1 rings (SSSR count). The lowest BCUT2D eigenvalue weighted by molar-refractivity contribution is 0.457. The Labute approximate surface area is 135 Å². The molecule has 0 saturated heterocycles. The lowest BCUT2D eigenvalue weighted by Gasteiger charge is -2.07. The molecule has 1 saturated carbocycles. The van der Waals surface area contributed by atoms with Gasteiger partial charge in [-0.2, -0.15) is 12.6 Å². The van der Waals surface area contributed by atoms with Crippen LogP contribution >= 0.6 is 12.6 Å². The Bertz CT molecular complexity index is 169. The second-order valence-corrected chi connectivity index (χ2v) is 7.09. The van der Waals surface area contributed by atoms with Crippen LogP contribution in [0, 0.1) is 23.7 Å². The molecule has 3 atom stereocenters. The minimum atomic E-state index is 0.935. The van der Waals surface area contributed by atoms with Gasteiger partial charge in [0.1, 0.15) is 0 Å². The summed E-state index contributed by atoms with van der Waals surface area (Å²) in [4.78, 5) is 0. The number of rotatable bonds is 6. The van der Waals surface area contributed by atoms with E-state index < -0.39 is 0 Å². The molecule has 20 heavy (non-hydrogen) atoms. The molecule has 0 aliphatic heterocycles. The van der Waals surface area contributed by atoms with Crippen LogP contribution in [0.3, 0.4) is 0 Å². The van der Waals surface area contributed by atoms with Crippen molar-refractivity contribution in [3.63, 3.8) is 0 Å². The van der Waals surface area contributed by atoms with Gasteiger partial charge in [-0.1, -0.05) is 74.1 Å². The van der Waals surface area contributed by atoms with E-state index in [1.165, 1.54) is 44.9 Å². The third-order valence-electron chi connectivity index (χ3n) is 4.41. The largest absolute Gasteiger partial charge is 0.179 e. The molecule has 0 heterocycles. The van der Waals surface area contributed by atoms with Crippen LogP contribution in [0.25, 0.3) is 0 Å². The topological polar surface area (TPSA) is 0 Å². The summed E-state index contributed by atoms with van der Waals surface area (Å²) in [5.41, 5.74) is 0. The van der Waals surface area contributed by atoms with Gasteiger partial charge in [0, 0.05) is 0 Å². The first-order valence-corrected chi connectivity index (χ1v) is 9.75. The van der Waals surface area contributed by atoms with Gasteiger partial charge >= 0.3 is 0 Å². The van der Waals surface area contributed by atoms with Gasteiger partial charge in [0.05, 0.1) is 0 Å². The lowest BCUT2D eigenvalue weighted by atomic mass is 10.00. The Morgan fingerprint density at radius 1 is 0.950 bits per heavy atom. The predicted octanol–water partition coefficient (Wildman–Crippen LogP) is 7.24. The first-order chi connectivity index (χ1) is 9.51. The van der Waals surface area contributed by atoms with Crippen molar-refractivity contribution < 1.29 is 0 Å². The normalized spacial score (nSPS) is 26.1. The zero-order valence-electron chi connectivity index (χ0n) is 15.4. The van der Waals surface area contributed by atoms with Crippen LogP contribution < -0.4 is 0 Å². The molecular formula is C19H42S. The van der Waals surface area contributed by atoms with Gasteiger partial charge in [0.15, 0.2) is 0 Å². The molecule has 0 bridgehead atoms. The summed E-state index contributed by atoms with van der Waals surface area (Å²) >= 11 is 4.18. The summed E-state index contributed by atoms with van der Waals surface area (Å²) in [5, 5.41) is 0. The highest BCUT2D eigenvalue weighted by Crippen LogP contribution is 2.34. The summed E-state index contributed by atoms with van der Waals surface area (Å²) < 4.78 is 0. The quantitative estimate of drug-likeness (QED) is 0.388. The van der Waals surface area contributed by atoms with Crippen molar-refractivity contribution in [1.29, 1.82) is 0 Å². The zero-order valence-corrected chi connectivity index (χ0v) is 16.3. The van der Waals surface area contributed by atoms with Crippen LogP contribution in [0.1, 0.15) is 93.4 Å². The maximum absolute atomic E-state index is 4.18. The lowest BCUT2D eigenvalue weighted by Crippen LogP contribution is -1.95. The smallest absolute Gasteiger partial charge is 0.00979 e. The third-order valence-corrected chi connectivity index (χ3v) is 4.72. The molecule has 0 radical (unpaired) electrons. The second-order valence-electron chi connectivity index (χ2n) is 6.64. The summed E-state index contributed by atoms with van der Waals surface area (Å²) in [6, 6.07) is 0. The van der Waals surface area contributed by atoms with E-state index in [2.05, 4.69) is 47.2 Å². The Morgan fingerprint density at radius 3 is 1.75 bits per heavy atom. The van der Waals surface area contributed by atoms with E-state index in [1.807, 2.05) is 13.8 Å². The molecule has 1 fully saturated rings. The molecule has 1 aliphatic rings. The second kappa shape index (κ2) is 15.7. The third kappa shape index (κ3) is 13.3. The van der Waals surface area contributed by atoms with Crippen molar-refractivity contribution in [3.8, 4) is 0 Å². The standard InChI is InChI=1S/C9H20S.C8H16.C2H6/c1-3-6-9(2)7-4-5-8-10;1-6-4-7(2)8(3)5-6;1-2/h9-10H,3-8H2,1-2H3;6-8H,4-5H2,1-3H3;1-2H3. The average Bonchev–Trinajstić information content (AvgIpc) is 2.70. The van der Waals surface area contributed by atoms with Crippen LogP contribution in [0.5, 0.6) is 0 Å². The van der Waals surface area contributed by atoms with Gasteiger partial charge in [-0.05, 0) is 48.7 Å². The molecule has 0 amide bonds. The maximum atomic E-state index is 4.18. The number of hydrogen-bond donors (Lipinski definition) is 1. The summed E-state index contributed by atoms with van der Waals surface area (Å²) in [6.45, 7) is 15.7. The van der Waals surface area contributed by atoms with Crippen molar-refractivity contribution in [1.82, 2.24) is 0 Å². The first-order valence-electron chi connectivity index (χ1n) is 9.12. The molecule has 3 unspecified atom stereocenters. The Hall–Kier alpha value is 0.350. The van der Waals surface area contributed by atoms with E-state index in [0.717, 1.165) is 29.4 Å². The van der Waals surface area contributed by atoms with Gasteiger partial charge < -0.3 is 0 Å². The van der Waals surface area contributed by atoms with Crippen LogP contribution in [-0.2, 0) is 0 Å². The molecule has 1 aliphatic carbocycles. The van der Waals surface area contributed by atoms with Gasteiger partial charge in [-0.3, -0.25) is 0 Å². The average molecular weight is 303 g/mol. The van der Waals surface area contributed by atoms with Crippen molar-refractivity contribution in [3.05, 3.63) is 0 Å². The van der Waals surface area contributed by atoms with E-state index in [9.17, 15) is 0 Å². The number of thiol groups is 1. The fourth-order valence-corrected chi connectivity index (χ4v) is 3.30. The van der Waals surface area contributed by atoms with Crippen LogP contribution in [0.15, 0.2) is 0 Å². The van der Waals surface area contributed by atoms with E-state index >= 15 is 0 Å². The van der Waals surface area contributed by atoms with Crippen LogP contribution in [-0.4, -0.2) is 5.75 Å². The van der Waals surface area contributed by atoms with E-state index in [0.29, 0.717) is 0 Å². The first kappa shape index (κ1) is 22.6. The highest BCUT2D eigenvalue weighted by atomic mass is 32.1. The minimum absolute atomic E-state index is 0.935. The summed E-state index contributed by atoms with van der Waals surface area (Å²) in [7, 11) is 0. The van der Waals surface area contributed by atoms with E-state index in [1.54, 1.807) is 0 Å². The minimum Gasteiger partial charge on any atom is -0.179 e. The molecule has 0 aromatic carbocycles. The molecule has 0 spiro atoms. The highest BCUT2D eigenvalue weighted by molar-refractivity contribution is 7.80. The van der Waals surface area contributed by atoms with Gasteiger partial charge in [0.2, 0.25) is 0 Å². The number of unbranched alkanes of at least 4 members (excludes halogenated alkanes) is 1. The predicted molar refractivity (Wildman–Crippen MR) is 99.9 cm³/mol. The highest BCUT2D eigenvalue weighted by Gasteiger charge is 2.24. The molecule has 0 nitrogen and oxygen atoms in total. The van der Waals surface area contributed by atoms with Crippen LogP contribution in [0.4, 0.5) is 0 Å². The molecule has 1 heteroatoms. The van der Waals surface area contributed by atoms with Crippen molar-refractivity contribution >= 4 is 12.6 Å². The molecule has 0 aromatic heterocycles. The summed E-state index contributed by atoms with van der Waals surface area (Å²) in [5.74, 6) is 4.97. The Kier molecular flexibility index (Phi) is 17.8. The maximum Gasteiger partial charge on any atom is -0.00979 e. The van der Waals surface area contributed by atoms with Gasteiger partial charge in [0.25, 0.3) is 0 Å². The molecule has 0 N–H and O–H groups in total. The van der Waals surface area contributed by atoms with Gasteiger partial charge in [-0.25, -0.2) is 0 Å². The van der Waals surface area contributed by atoms with Crippen molar-refractivity contribution in [2.75, 3.05) is 5.75 Å².